The van der Waals surface area contributed by atoms with Gasteiger partial charge in [0.25, 0.3) is 0 Å². The maximum absolute atomic E-state index is 5.87. The van der Waals surface area contributed by atoms with Gasteiger partial charge in [-0.3, -0.25) is 0 Å². The van der Waals surface area contributed by atoms with E-state index in [-0.39, 0.29) is 6.04 Å². The number of fused-ring (bicyclic) bond motifs is 1. The van der Waals surface area contributed by atoms with Gasteiger partial charge in [0, 0.05) is 24.8 Å². The van der Waals surface area contributed by atoms with Crippen molar-refractivity contribution in [1.82, 2.24) is 0 Å². The minimum absolute atomic E-state index is 0.242. The Balaban J connectivity index is 2.28. The van der Waals surface area contributed by atoms with E-state index in [0.29, 0.717) is 5.92 Å². The molecule has 15 heavy (non-hydrogen) atoms. The van der Waals surface area contributed by atoms with Gasteiger partial charge in [-0.2, -0.15) is 0 Å². The summed E-state index contributed by atoms with van der Waals surface area (Å²) in [6, 6.07) is 8.95. The fraction of sp³-hybridized carbons (Fsp3) is 0.538. The van der Waals surface area contributed by atoms with Crippen LogP contribution in [0.25, 0.3) is 0 Å². The molecule has 0 amide bonds. The summed E-state index contributed by atoms with van der Waals surface area (Å²) in [6.07, 6.45) is 1.24. The molecule has 1 aliphatic rings. The van der Waals surface area contributed by atoms with Crippen molar-refractivity contribution in [3.63, 3.8) is 0 Å². The van der Waals surface area contributed by atoms with E-state index >= 15 is 0 Å². The number of rotatable bonds is 2. The molecule has 1 aromatic carbocycles. The van der Waals surface area contributed by atoms with Gasteiger partial charge in [-0.25, -0.2) is 0 Å². The van der Waals surface area contributed by atoms with E-state index in [0.717, 1.165) is 13.1 Å². The number of nitrogens with zero attached hydrogens (tertiary/aromatic N) is 1. The Kier molecular flexibility index (Phi) is 2.96. The predicted octanol–water partition coefficient (Wildman–Crippen LogP) is 2.35. The van der Waals surface area contributed by atoms with Crippen molar-refractivity contribution in [3.05, 3.63) is 29.8 Å². The van der Waals surface area contributed by atoms with Gasteiger partial charge in [0.1, 0.15) is 0 Å². The summed E-state index contributed by atoms with van der Waals surface area (Å²) in [5, 5.41) is 0. The first kappa shape index (κ1) is 10.5. The Morgan fingerprint density at radius 2 is 2.20 bits per heavy atom. The molecule has 82 valence electrons. The molecule has 0 radical (unpaired) electrons. The number of hydrogen-bond acceptors (Lipinski definition) is 2. The summed E-state index contributed by atoms with van der Waals surface area (Å²) in [4.78, 5) is 2.42. The smallest absolute Gasteiger partial charge is 0.0402 e. The summed E-state index contributed by atoms with van der Waals surface area (Å²) >= 11 is 0. The fourth-order valence-electron chi connectivity index (χ4n) is 2.35. The molecule has 1 aliphatic heterocycles. The molecule has 0 saturated carbocycles. The second-order valence-electron chi connectivity index (χ2n) is 4.67. The third-order valence-electron chi connectivity index (χ3n) is 3.15. The SMILES string of the molecule is CC(N)CN1CCC(C)c2ccccc21. The largest absolute Gasteiger partial charge is 0.370 e. The molecule has 2 atom stereocenters. The number of benzene rings is 1. The van der Waals surface area contributed by atoms with Crippen molar-refractivity contribution in [1.29, 1.82) is 0 Å². The lowest BCUT2D eigenvalue weighted by molar-refractivity contribution is 0.584. The van der Waals surface area contributed by atoms with Crippen LogP contribution in [0.15, 0.2) is 24.3 Å². The van der Waals surface area contributed by atoms with E-state index in [9.17, 15) is 0 Å². The lowest BCUT2D eigenvalue weighted by Crippen LogP contribution is -2.39. The normalized spacial score (nSPS) is 22.3. The third-order valence-corrected chi connectivity index (χ3v) is 3.15. The first-order valence-electron chi connectivity index (χ1n) is 5.78. The highest BCUT2D eigenvalue weighted by Crippen LogP contribution is 2.34. The molecule has 1 aromatic rings. The van der Waals surface area contributed by atoms with E-state index < -0.39 is 0 Å². The van der Waals surface area contributed by atoms with Crippen LogP contribution in [0.2, 0.25) is 0 Å². The molecule has 2 N–H and O–H groups in total. The molecule has 2 rings (SSSR count). The van der Waals surface area contributed by atoms with Crippen LogP contribution in [0, 0.1) is 0 Å². The first-order valence-corrected chi connectivity index (χ1v) is 5.78. The van der Waals surface area contributed by atoms with Gasteiger partial charge in [-0.05, 0) is 30.9 Å². The van der Waals surface area contributed by atoms with Gasteiger partial charge >= 0.3 is 0 Å². The average Bonchev–Trinajstić information content (AvgIpc) is 2.22. The van der Waals surface area contributed by atoms with E-state index in [1.807, 2.05) is 0 Å². The Morgan fingerprint density at radius 3 is 2.93 bits per heavy atom. The van der Waals surface area contributed by atoms with Crippen LogP contribution in [-0.4, -0.2) is 19.1 Å². The zero-order valence-corrected chi connectivity index (χ0v) is 9.61. The number of anilines is 1. The van der Waals surface area contributed by atoms with E-state index in [4.69, 9.17) is 5.73 Å². The fourth-order valence-corrected chi connectivity index (χ4v) is 2.35. The minimum atomic E-state index is 0.242. The zero-order chi connectivity index (χ0) is 10.8. The van der Waals surface area contributed by atoms with Crippen LogP contribution >= 0.6 is 0 Å². The molecular formula is C13H20N2. The topological polar surface area (TPSA) is 29.3 Å². The molecule has 2 heteroatoms. The number of nitrogens with two attached hydrogens (primary N) is 1. The molecule has 1 heterocycles. The number of para-hydroxylation sites is 1. The summed E-state index contributed by atoms with van der Waals surface area (Å²) < 4.78 is 0. The summed E-state index contributed by atoms with van der Waals surface area (Å²) in [6.45, 7) is 6.48. The zero-order valence-electron chi connectivity index (χ0n) is 9.61. The Morgan fingerprint density at radius 1 is 1.47 bits per heavy atom. The monoisotopic (exact) mass is 204 g/mol. The van der Waals surface area contributed by atoms with Crippen LogP contribution in [0.4, 0.5) is 5.69 Å². The predicted molar refractivity (Wildman–Crippen MR) is 65.3 cm³/mol. The lowest BCUT2D eigenvalue weighted by Gasteiger charge is -2.35. The number of hydrogen-bond donors (Lipinski definition) is 1. The second-order valence-corrected chi connectivity index (χ2v) is 4.67. The van der Waals surface area contributed by atoms with Crippen molar-refractivity contribution in [3.8, 4) is 0 Å². The van der Waals surface area contributed by atoms with Gasteiger partial charge in [0.15, 0.2) is 0 Å². The molecule has 0 bridgehead atoms. The molecular weight excluding hydrogens is 184 g/mol. The van der Waals surface area contributed by atoms with Gasteiger partial charge in [0.05, 0.1) is 0 Å². The summed E-state index contributed by atoms with van der Waals surface area (Å²) in [7, 11) is 0. The van der Waals surface area contributed by atoms with Gasteiger partial charge in [-0.15, -0.1) is 0 Å². The molecule has 0 aliphatic carbocycles. The molecule has 0 aromatic heterocycles. The highest BCUT2D eigenvalue weighted by Gasteiger charge is 2.21. The lowest BCUT2D eigenvalue weighted by atomic mass is 9.91. The van der Waals surface area contributed by atoms with Gasteiger partial charge < -0.3 is 10.6 Å². The van der Waals surface area contributed by atoms with Crippen LogP contribution in [0.3, 0.4) is 0 Å². The Hall–Kier alpha value is -1.02. The van der Waals surface area contributed by atoms with Crippen molar-refractivity contribution in [2.45, 2.75) is 32.2 Å². The maximum atomic E-state index is 5.87. The highest BCUT2D eigenvalue weighted by atomic mass is 15.1. The molecule has 2 unspecified atom stereocenters. The van der Waals surface area contributed by atoms with Crippen LogP contribution in [0.5, 0.6) is 0 Å². The molecule has 2 nitrogen and oxygen atoms in total. The third kappa shape index (κ3) is 2.15. The van der Waals surface area contributed by atoms with Crippen molar-refractivity contribution in [2.75, 3.05) is 18.0 Å². The molecule has 0 fully saturated rings. The van der Waals surface area contributed by atoms with Crippen molar-refractivity contribution in [2.24, 2.45) is 5.73 Å². The molecule has 0 spiro atoms. The Bertz CT molecular complexity index is 333. The maximum Gasteiger partial charge on any atom is 0.0402 e. The highest BCUT2D eigenvalue weighted by molar-refractivity contribution is 5.57. The average molecular weight is 204 g/mol. The van der Waals surface area contributed by atoms with Gasteiger partial charge in [0.2, 0.25) is 0 Å². The van der Waals surface area contributed by atoms with Crippen LogP contribution < -0.4 is 10.6 Å². The van der Waals surface area contributed by atoms with Gasteiger partial charge in [-0.1, -0.05) is 25.1 Å². The Labute approximate surface area is 92.1 Å². The van der Waals surface area contributed by atoms with Crippen molar-refractivity contribution < 1.29 is 0 Å². The van der Waals surface area contributed by atoms with Crippen LogP contribution in [-0.2, 0) is 0 Å². The quantitative estimate of drug-likeness (QED) is 0.801. The van der Waals surface area contributed by atoms with Crippen LogP contribution in [0.1, 0.15) is 31.7 Å². The first-order chi connectivity index (χ1) is 7.18. The molecule has 0 saturated heterocycles. The summed E-state index contributed by atoms with van der Waals surface area (Å²) in [5.41, 5.74) is 8.73. The van der Waals surface area contributed by atoms with Crippen molar-refractivity contribution >= 4 is 5.69 Å². The van der Waals surface area contributed by atoms with E-state index in [1.165, 1.54) is 17.7 Å². The second kappa shape index (κ2) is 4.23. The summed E-state index contributed by atoms with van der Waals surface area (Å²) in [5.74, 6) is 0.686. The standard InChI is InChI=1S/C13H20N2/c1-10-7-8-15(9-11(2)14)13-6-4-3-5-12(10)13/h3-6,10-11H,7-9,14H2,1-2H3. The van der Waals surface area contributed by atoms with E-state index in [2.05, 4.69) is 43.0 Å². The minimum Gasteiger partial charge on any atom is -0.370 e. The van der Waals surface area contributed by atoms with E-state index in [1.54, 1.807) is 0 Å².